The number of allylic oxidation sites excluding steroid dienone is 3. The summed E-state index contributed by atoms with van der Waals surface area (Å²) in [5, 5.41) is 20.4. The number of rotatable bonds is 9. The summed E-state index contributed by atoms with van der Waals surface area (Å²) in [6.45, 7) is 3.30. The molecule has 2 amide bonds. The number of nitrogens with two attached hydrogens (primary N) is 1. The lowest BCUT2D eigenvalue weighted by molar-refractivity contribution is -0.851. The molecule has 3 atom stereocenters. The van der Waals surface area contributed by atoms with Crippen molar-refractivity contribution in [3.63, 3.8) is 0 Å². The summed E-state index contributed by atoms with van der Waals surface area (Å²) < 4.78 is 0. The highest BCUT2D eigenvalue weighted by molar-refractivity contribution is 8.00. The number of carbonyl (C=O) groups is 3. The van der Waals surface area contributed by atoms with E-state index in [4.69, 9.17) is 10.6 Å². The molecule has 3 aliphatic heterocycles. The van der Waals surface area contributed by atoms with Gasteiger partial charge in [-0.2, -0.15) is 0 Å². The number of aliphatic carboxylic acids is 1. The van der Waals surface area contributed by atoms with Crippen LogP contribution in [0.25, 0.3) is 0 Å². The van der Waals surface area contributed by atoms with Crippen LogP contribution in [0.2, 0.25) is 0 Å². The summed E-state index contributed by atoms with van der Waals surface area (Å²) in [6.07, 6.45) is 7.55. The van der Waals surface area contributed by atoms with Crippen LogP contribution in [0.3, 0.4) is 0 Å². The highest BCUT2D eigenvalue weighted by atomic mass is 32.2. The van der Waals surface area contributed by atoms with Crippen LogP contribution in [0, 0.1) is 0 Å². The van der Waals surface area contributed by atoms with Crippen LogP contribution in [-0.2, 0) is 25.6 Å². The van der Waals surface area contributed by atoms with Crippen LogP contribution in [0.15, 0.2) is 45.2 Å². The first-order valence-electron chi connectivity index (χ1n) is 12.2. The number of anilines is 1. The van der Waals surface area contributed by atoms with Gasteiger partial charge in [-0.1, -0.05) is 11.2 Å². The number of nitrogens with zero attached hydrogens (tertiary/aromatic N) is 3. The van der Waals surface area contributed by atoms with Gasteiger partial charge in [0.25, 0.3) is 11.8 Å². The molecule has 0 bridgehead atoms. The second kappa shape index (κ2) is 10.7. The van der Waals surface area contributed by atoms with E-state index in [9.17, 15) is 19.5 Å². The number of hydrogen-bond donors (Lipinski definition) is 3. The Kier molecular flexibility index (Phi) is 7.36. The molecule has 0 spiro atoms. The van der Waals surface area contributed by atoms with Gasteiger partial charge in [-0.05, 0) is 25.8 Å². The molecule has 4 aliphatic rings. The Morgan fingerprint density at radius 2 is 2.24 bits per heavy atom. The third-order valence-electron chi connectivity index (χ3n) is 6.81. The summed E-state index contributed by atoms with van der Waals surface area (Å²) in [7, 11) is 0. The normalized spacial score (nSPS) is 25.1. The molecule has 1 aromatic rings. The number of fused-ring (bicyclic) bond motifs is 1. The molecule has 1 aliphatic carbocycles. The van der Waals surface area contributed by atoms with Crippen molar-refractivity contribution >= 4 is 51.7 Å². The molecule has 13 heteroatoms. The van der Waals surface area contributed by atoms with E-state index in [1.807, 2.05) is 0 Å². The van der Waals surface area contributed by atoms with Gasteiger partial charge < -0.3 is 25.8 Å². The average molecular weight is 545 g/mol. The number of carbonyl (C=O) groups excluding carboxylic acids is 3. The molecule has 0 saturated carbocycles. The molecule has 1 fully saturated rings. The van der Waals surface area contributed by atoms with Gasteiger partial charge in [-0.3, -0.25) is 19.4 Å². The van der Waals surface area contributed by atoms with Crippen LogP contribution in [0.1, 0.15) is 31.9 Å². The largest absolute Gasteiger partial charge is 0.543 e. The molecule has 0 aromatic carbocycles. The summed E-state index contributed by atoms with van der Waals surface area (Å²) in [4.78, 5) is 50.0. The van der Waals surface area contributed by atoms with Crippen molar-refractivity contribution in [2.24, 2.45) is 5.16 Å². The zero-order valence-corrected chi connectivity index (χ0v) is 22.0. The maximum atomic E-state index is 13.1. The van der Waals surface area contributed by atoms with Gasteiger partial charge in [-0.25, -0.2) is 4.98 Å². The van der Waals surface area contributed by atoms with Crippen LogP contribution >= 0.6 is 23.1 Å². The predicted octanol–water partition coefficient (Wildman–Crippen LogP) is -1.04. The van der Waals surface area contributed by atoms with Gasteiger partial charge in [0.2, 0.25) is 0 Å². The Labute approximate surface area is 222 Å². The van der Waals surface area contributed by atoms with Crippen molar-refractivity contribution in [2.75, 3.05) is 31.2 Å². The Bertz CT molecular complexity index is 1250. The van der Waals surface area contributed by atoms with E-state index in [1.54, 1.807) is 12.3 Å². The Hall–Kier alpha value is -3.16. The average Bonchev–Trinajstić information content (AvgIpc) is 3.53. The van der Waals surface area contributed by atoms with Gasteiger partial charge in [0.15, 0.2) is 10.8 Å². The lowest BCUT2D eigenvalue weighted by Gasteiger charge is -2.50. The molecular weight excluding hydrogens is 516 g/mol. The first-order valence-corrected chi connectivity index (χ1v) is 14.1. The number of thiazole rings is 1. The molecule has 1 saturated heterocycles. The maximum absolute atomic E-state index is 13.1. The predicted molar refractivity (Wildman–Crippen MR) is 137 cm³/mol. The zero-order chi connectivity index (χ0) is 26.1. The lowest BCUT2D eigenvalue weighted by Crippen LogP contribution is -3.10. The second-order valence-corrected chi connectivity index (χ2v) is 11.1. The Morgan fingerprint density at radius 1 is 1.41 bits per heavy atom. The number of carboxylic acids is 1. The highest BCUT2D eigenvalue weighted by Crippen LogP contribution is 2.40. The number of aromatic nitrogens is 1. The van der Waals surface area contributed by atoms with Gasteiger partial charge in [0, 0.05) is 35.1 Å². The number of β-lactam (4-membered cyclic amide) rings is 1. The molecule has 5 rings (SSSR count). The number of nitrogens with one attached hydrogen (secondary N) is 2. The van der Waals surface area contributed by atoms with E-state index >= 15 is 0 Å². The third kappa shape index (κ3) is 5.03. The molecule has 1 aromatic heterocycles. The molecule has 196 valence electrons. The van der Waals surface area contributed by atoms with Crippen molar-refractivity contribution < 1.29 is 29.2 Å². The van der Waals surface area contributed by atoms with E-state index < -0.39 is 29.2 Å². The zero-order valence-electron chi connectivity index (χ0n) is 20.3. The summed E-state index contributed by atoms with van der Waals surface area (Å²) >= 11 is 2.69. The molecule has 4 heterocycles. The topological polar surface area (TPSA) is 154 Å². The molecule has 37 heavy (non-hydrogen) atoms. The number of amides is 2. The van der Waals surface area contributed by atoms with Crippen molar-refractivity contribution in [3.05, 3.63) is 45.8 Å². The smallest absolute Gasteiger partial charge is 0.270 e. The number of hydrogen-bond acceptors (Lipinski definition) is 10. The van der Waals surface area contributed by atoms with Gasteiger partial charge in [0.1, 0.15) is 36.8 Å². The number of nitrogen functional groups attached to an aromatic ring is 1. The highest BCUT2D eigenvalue weighted by Gasteiger charge is 2.53. The summed E-state index contributed by atoms with van der Waals surface area (Å²) in [6, 6.07) is -0.880. The summed E-state index contributed by atoms with van der Waals surface area (Å²) in [5.41, 5.74) is 9.59. The maximum Gasteiger partial charge on any atom is 0.270 e. The minimum Gasteiger partial charge on any atom is -0.543 e. The van der Waals surface area contributed by atoms with Crippen molar-refractivity contribution in [1.29, 1.82) is 0 Å². The van der Waals surface area contributed by atoms with Crippen molar-refractivity contribution in [1.82, 2.24) is 15.2 Å². The fourth-order valence-electron chi connectivity index (χ4n) is 5.16. The van der Waals surface area contributed by atoms with Gasteiger partial charge in [0.05, 0.1) is 17.4 Å². The fourth-order valence-corrected chi connectivity index (χ4v) is 7.07. The minimum atomic E-state index is -1.37. The van der Waals surface area contributed by atoms with Crippen molar-refractivity contribution in [3.8, 4) is 0 Å². The van der Waals surface area contributed by atoms with Crippen LogP contribution in [-0.4, -0.2) is 70.2 Å². The molecule has 3 unspecified atom stereocenters. The lowest BCUT2D eigenvalue weighted by atomic mass is 10.0. The van der Waals surface area contributed by atoms with E-state index in [0.29, 0.717) is 28.7 Å². The molecular formula is C24H28N6O5S2. The fraction of sp³-hybridized carbons (Fsp3) is 0.458. The van der Waals surface area contributed by atoms with Gasteiger partial charge in [-0.15, -0.1) is 23.1 Å². The van der Waals surface area contributed by atoms with Gasteiger partial charge >= 0.3 is 0 Å². The Balaban J connectivity index is 1.30. The quantitative estimate of drug-likeness (QED) is 0.202. The van der Waals surface area contributed by atoms with Crippen LogP contribution < -0.4 is 21.1 Å². The number of oxime groups is 1. The van der Waals surface area contributed by atoms with E-state index in [2.05, 4.69) is 27.6 Å². The first-order chi connectivity index (χ1) is 17.9. The van der Waals surface area contributed by atoms with Crippen molar-refractivity contribution in [2.45, 2.75) is 44.0 Å². The Morgan fingerprint density at radius 3 is 2.97 bits per heavy atom. The van der Waals surface area contributed by atoms with E-state index in [0.717, 1.165) is 25.8 Å². The molecule has 4 N–H and O–H groups in total. The SMILES string of the molecule is CCO/N=C(/Cc1csc(N)n1)C(=O)NC1C(=O)N2C(C(=O)[O-])=C(C[NH+]3CC=CC4=C3CCC4)CSC12. The molecule has 0 radical (unpaired) electrons. The van der Waals surface area contributed by atoms with E-state index in [-0.39, 0.29) is 24.4 Å². The number of carboxylic acid groups (broad SMARTS) is 1. The first kappa shape index (κ1) is 25.5. The van der Waals surface area contributed by atoms with Crippen LogP contribution in [0.5, 0.6) is 0 Å². The van der Waals surface area contributed by atoms with Crippen LogP contribution in [0.4, 0.5) is 5.13 Å². The monoisotopic (exact) mass is 544 g/mol. The van der Waals surface area contributed by atoms with E-state index in [1.165, 1.54) is 44.2 Å². The third-order valence-corrected chi connectivity index (χ3v) is 8.87. The second-order valence-electron chi connectivity index (χ2n) is 9.15. The number of quaternary nitrogens is 1. The summed E-state index contributed by atoms with van der Waals surface area (Å²) in [5.74, 6) is -1.98. The standard InChI is InChI=1S/C24H28N6O5S2/c1-2-35-28-16(9-15-12-37-24(25)26-15)20(31)27-18-21(32)30-19(23(33)34)14(11-36-22(18)30)10-29-8-4-6-13-5-3-7-17(13)29/h4,6,12,18,22H,2-3,5,7-11H2,1H3,(H2,25,26)(H,27,31)(H,33,34)/b28-16-. The molecule has 11 nitrogen and oxygen atoms in total. The minimum absolute atomic E-state index is 0.0537. The number of thioether (sulfide) groups is 1.